The van der Waals surface area contributed by atoms with Crippen molar-refractivity contribution in [2.75, 3.05) is 17.7 Å². The number of hydrogen-bond acceptors (Lipinski definition) is 7. The monoisotopic (exact) mass is 474 g/mol. The van der Waals surface area contributed by atoms with Gasteiger partial charge in [-0.1, -0.05) is 29.5 Å². The second-order valence-corrected chi connectivity index (χ2v) is 9.94. The Morgan fingerprint density at radius 2 is 1.75 bits per heavy atom. The van der Waals surface area contributed by atoms with Gasteiger partial charge in [0.2, 0.25) is 5.91 Å². The van der Waals surface area contributed by atoms with Gasteiger partial charge in [-0.2, -0.15) is 0 Å². The third-order valence-corrected chi connectivity index (χ3v) is 7.19. The van der Waals surface area contributed by atoms with Crippen LogP contribution >= 0.6 is 11.8 Å². The summed E-state index contributed by atoms with van der Waals surface area (Å²) in [5.41, 5.74) is 1.66. The lowest BCUT2D eigenvalue weighted by Crippen LogP contribution is -2.15. The normalized spacial score (nSPS) is 11.3. The van der Waals surface area contributed by atoms with Crippen molar-refractivity contribution >= 4 is 33.2 Å². The highest BCUT2D eigenvalue weighted by Gasteiger charge is 2.21. The lowest BCUT2D eigenvalue weighted by atomic mass is 10.2. The van der Waals surface area contributed by atoms with Gasteiger partial charge in [-0.15, -0.1) is 10.2 Å². The van der Waals surface area contributed by atoms with Crippen LogP contribution in [0.25, 0.3) is 0 Å². The van der Waals surface area contributed by atoms with Crippen LogP contribution in [0, 0.1) is 6.92 Å². The Balaban J connectivity index is 1.63. The second kappa shape index (κ2) is 10.6. The maximum Gasteiger partial charge on any atom is 0.234 e. The number of nitrogens with one attached hydrogen (secondary N) is 1. The van der Waals surface area contributed by atoms with Crippen LogP contribution in [-0.2, 0) is 26.9 Å². The van der Waals surface area contributed by atoms with E-state index in [1.807, 2.05) is 20.8 Å². The fourth-order valence-electron chi connectivity index (χ4n) is 2.98. The summed E-state index contributed by atoms with van der Waals surface area (Å²) >= 11 is 1.21. The Labute approximate surface area is 192 Å². The molecule has 2 aromatic carbocycles. The van der Waals surface area contributed by atoms with Gasteiger partial charge in [-0.05, 0) is 57.2 Å². The Bertz CT molecular complexity index is 1160. The number of thioether (sulfide) groups is 1. The predicted molar refractivity (Wildman–Crippen MR) is 125 cm³/mol. The van der Waals surface area contributed by atoms with E-state index in [9.17, 15) is 13.2 Å². The zero-order chi connectivity index (χ0) is 23.1. The van der Waals surface area contributed by atoms with E-state index in [0.29, 0.717) is 29.8 Å². The summed E-state index contributed by atoms with van der Waals surface area (Å²) in [6, 6.07) is 13.9. The minimum Gasteiger partial charge on any atom is -0.494 e. The standard InChI is InChI=1S/C22H26N4O4S2/c1-4-26-20(15-32(28,29)19-12-6-16(3)7-13-19)24-25-22(26)31-14-21(27)23-17-8-10-18(11-9-17)30-5-2/h6-13H,4-5,14-15H2,1-3H3,(H,23,27). The van der Waals surface area contributed by atoms with E-state index in [-0.39, 0.29) is 22.3 Å². The molecule has 1 heterocycles. The first-order chi connectivity index (χ1) is 15.3. The number of nitrogens with zero attached hydrogens (tertiary/aromatic N) is 3. The first kappa shape index (κ1) is 23.8. The molecule has 0 aliphatic rings. The molecule has 1 aromatic heterocycles. The average Bonchev–Trinajstić information content (AvgIpc) is 3.15. The number of rotatable bonds is 10. The fourth-order valence-corrected chi connectivity index (χ4v) is 5.07. The molecule has 0 saturated heterocycles. The quantitative estimate of drug-likeness (QED) is 0.447. The van der Waals surface area contributed by atoms with E-state index in [1.54, 1.807) is 53.1 Å². The molecule has 1 amide bonds. The molecule has 1 N–H and O–H groups in total. The maximum atomic E-state index is 12.8. The number of hydrogen-bond donors (Lipinski definition) is 1. The average molecular weight is 475 g/mol. The number of benzene rings is 2. The first-order valence-corrected chi connectivity index (χ1v) is 12.8. The number of ether oxygens (including phenoxy) is 1. The fraction of sp³-hybridized carbons (Fsp3) is 0.318. The minimum atomic E-state index is -3.55. The number of carbonyl (C=O) groups excluding carboxylic acids is 1. The summed E-state index contributed by atoms with van der Waals surface area (Å²) in [6.07, 6.45) is 0. The molecule has 0 radical (unpaired) electrons. The molecule has 32 heavy (non-hydrogen) atoms. The summed E-state index contributed by atoms with van der Waals surface area (Å²) < 4.78 is 32.6. The van der Waals surface area contributed by atoms with Crippen molar-refractivity contribution in [3.8, 4) is 5.75 Å². The molecule has 0 unspecified atom stereocenters. The third-order valence-electron chi connectivity index (χ3n) is 4.59. The van der Waals surface area contributed by atoms with Crippen molar-refractivity contribution in [1.29, 1.82) is 0 Å². The van der Waals surface area contributed by atoms with Gasteiger partial charge in [0.05, 0.1) is 17.3 Å². The van der Waals surface area contributed by atoms with Gasteiger partial charge in [0.1, 0.15) is 17.3 Å². The Morgan fingerprint density at radius 3 is 2.38 bits per heavy atom. The van der Waals surface area contributed by atoms with Crippen LogP contribution in [0.4, 0.5) is 5.69 Å². The van der Waals surface area contributed by atoms with Gasteiger partial charge < -0.3 is 14.6 Å². The maximum absolute atomic E-state index is 12.8. The molecule has 8 nitrogen and oxygen atoms in total. The van der Waals surface area contributed by atoms with Crippen LogP contribution in [-0.4, -0.2) is 41.4 Å². The molecule has 0 aliphatic carbocycles. The highest BCUT2D eigenvalue weighted by atomic mass is 32.2. The SMILES string of the molecule is CCOc1ccc(NC(=O)CSc2nnc(CS(=O)(=O)c3ccc(C)cc3)n2CC)cc1. The molecule has 0 atom stereocenters. The van der Waals surface area contributed by atoms with Crippen LogP contribution in [0.3, 0.4) is 0 Å². The van der Waals surface area contributed by atoms with Crippen molar-refractivity contribution in [3.63, 3.8) is 0 Å². The first-order valence-electron chi connectivity index (χ1n) is 10.2. The minimum absolute atomic E-state index is 0.121. The van der Waals surface area contributed by atoms with Crippen LogP contribution in [0.5, 0.6) is 5.75 Å². The number of anilines is 1. The van der Waals surface area contributed by atoms with E-state index in [4.69, 9.17) is 4.74 Å². The van der Waals surface area contributed by atoms with Crippen molar-refractivity contribution in [2.24, 2.45) is 0 Å². The van der Waals surface area contributed by atoms with Crippen LogP contribution in [0.1, 0.15) is 25.2 Å². The summed E-state index contributed by atoms with van der Waals surface area (Å²) in [6.45, 7) is 6.77. The summed E-state index contributed by atoms with van der Waals surface area (Å²) in [4.78, 5) is 12.6. The molecule has 0 spiro atoms. The molecular weight excluding hydrogens is 448 g/mol. The van der Waals surface area contributed by atoms with E-state index in [0.717, 1.165) is 11.3 Å². The lowest BCUT2D eigenvalue weighted by Gasteiger charge is -2.09. The second-order valence-electron chi connectivity index (χ2n) is 7.01. The molecule has 0 aliphatic heterocycles. The number of aryl methyl sites for hydroxylation is 1. The van der Waals surface area contributed by atoms with E-state index in [1.165, 1.54) is 11.8 Å². The molecule has 3 rings (SSSR count). The zero-order valence-corrected chi connectivity index (χ0v) is 19.9. The van der Waals surface area contributed by atoms with E-state index < -0.39 is 9.84 Å². The molecule has 3 aromatic rings. The highest BCUT2D eigenvalue weighted by Crippen LogP contribution is 2.22. The topological polar surface area (TPSA) is 103 Å². The number of amides is 1. The number of sulfone groups is 1. The van der Waals surface area contributed by atoms with Gasteiger partial charge in [0.15, 0.2) is 15.0 Å². The summed E-state index contributed by atoms with van der Waals surface area (Å²) in [5.74, 6) is 0.761. The van der Waals surface area contributed by atoms with Crippen molar-refractivity contribution in [1.82, 2.24) is 14.8 Å². The van der Waals surface area contributed by atoms with Gasteiger partial charge in [0.25, 0.3) is 0 Å². The van der Waals surface area contributed by atoms with E-state index >= 15 is 0 Å². The predicted octanol–water partition coefficient (Wildman–Crippen LogP) is 3.71. The molecule has 170 valence electrons. The number of aromatic nitrogens is 3. The third kappa shape index (κ3) is 6.10. The molecular formula is C22H26N4O4S2. The van der Waals surface area contributed by atoms with Crippen molar-refractivity contribution < 1.29 is 17.9 Å². The zero-order valence-electron chi connectivity index (χ0n) is 18.2. The Hall–Kier alpha value is -2.85. The van der Waals surface area contributed by atoms with E-state index in [2.05, 4.69) is 15.5 Å². The lowest BCUT2D eigenvalue weighted by molar-refractivity contribution is -0.113. The Kier molecular flexibility index (Phi) is 7.92. The van der Waals surface area contributed by atoms with Crippen LogP contribution < -0.4 is 10.1 Å². The molecule has 10 heteroatoms. The molecule has 0 saturated carbocycles. The van der Waals surface area contributed by atoms with Crippen molar-refractivity contribution in [2.45, 2.75) is 43.1 Å². The smallest absolute Gasteiger partial charge is 0.234 e. The van der Waals surface area contributed by atoms with Gasteiger partial charge >= 0.3 is 0 Å². The van der Waals surface area contributed by atoms with Crippen molar-refractivity contribution in [3.05, 3.63) is 59.9 Å². The van der Waals surface area contributed by atoms with Gasteiger partial charge in [0, 0.05) is 12.2 Å². The molecule has 0 fully saturated rings. The number of carbonyl (C=O) groups is 1. The summed E-state index contributed by atoms with van der Waals surface area (Å²) in [5, 5.41) is 11.5. The highest BCUT2D eigenvalue weighted by molar-refractivity contribution is 7.99. The molecule has 0 bridgehead atoms. The van der Waals surface area contributed by atoms with Gasteiger partial charge in [-0.3, -0.25) is 4.79 Å². The van der Waals surface area contributed by atoms with Gasteiger partial charge in [-0.25, -0.2) is 8.42 Å². The van der Waals surface area contributed by atoms with Crippen LogP contribution in [0.15, 0.2) is 58.6 Å². The summed E-state index contributed by atoms with van der Waals surface area (Å²) in [7, 11) is -3.55. The largest absolute Gasteiger partial charge is 0.494 e. The van der Waals surface area contributed by atoms with Crippen LogP contribution in [0.2, 0.25) is 0 Å². The Morgan fingerprint density at radius 1 is 1.06 bits per heavy atom.